The van der Waals surface area contributed by atoms with E-state index in [1.807, 2.05) is 12.4 Å². The number of hydrogen-bond acceptors (Lipinski definition) is 1. The summed E-state index contributed by atoms with van der Waals surface area (Å²) in [6.07, 6.45) is 10.4. The lowest BCUT2D eigenvalue weighted by Crippen LogP contribution is -1.97. The van der Waals surface area contributed by atoms with Gasteiger partial charge in [0.25, 0.3) is 0 Å². The Kier molecular flexibility index (Phi) is 6.92. The number of nitrogens with zero attached hydrogens (tertiary/aromatic N) is 1. The van der Waals surface area contributed by atoms with E-state index in [1.54, 1.807) is 0 Å². The van der Waals surface area contributed by atoms with Gasteiger partial charge in [0.05, 0.1) is 0 Å². The summed E-state index contributed by atoms with van der Waals surface area (Å²) in [6, 6.07) is 50.8. The summed E-state index contributed by atoms with van der Waals surface area (Å²) in [5.74, 6) is 0. The average Bonchev–Trinajstić information content (AvgIpc) is 3.17. The Hall–Kier alpha value is -6.31. The summed E-state index contributed by atoms with van der Waals surface area (Å²) < 4.78 is 0. The molecule has 0 amide bonds. The summed E-state index contributed by atoms with van der Waals surface area (Å²) in [6.45, 7) is 6.63. The zero-order valence-electron chi connectivity index (χ0n) is 27.3. The van der Waals surface area contributed by atoms with Gasteiger partial charge in [-0.15, -0.1) is 0 Å². The maximum Gasteiger partial charge on any atom is 0.0352 e. The highest BCUT2D eigenvalue weighted by Crippen LogP contribution is 2.48. The zero-order valence-corrected chi connectivity index (χ0v) is 27.3. The van der Waals surface area contributed by atoms with Crippen molar-refractivity contribution in [3.8, 4) is 44.5 Å². The number of pyridine rings is 1. The first kappa shape index (κ1) is 28.9. The van der Waals surface area contributed by atoms with Gasteiger partial charge in [-0.25, -0.2) is 0 Å². The van der Waals surface area contributed by atoms with Crippen molar-refractivity contribution in [2.45, 2.75) is 6.92 Å². The third kappa shape index (κ3) is 4.74. The highest BCUT2D eigenvalue weighted by Gasteiger charge is 2.21. The summed E-state index contributed by atoms with van der Waals surface area (Å²) >= 11 is 0. The minimum atomic E-state index is 0.971. The van der Waals surface area contributed by atoms with Gasteiger partial charge in [0, 0.05) is 17.8 Å². The van der Waals surface area contributed by atoms with E-state index in [0.29, 0.717) is 0 Å². The molecule has 0 aliphatic heterocycles. The largest absolute Gasteiger partial charge is 0.264 e. The Morgan fingerprint density at radius 3 is 1.55 bits per heavy atom. The lowest BCUT2D eigenvalue weighted by Gasteiger charge is -2.23. The second-order valence-electron chi connectivity index (χ2n) is 12.7. The molecule has 1 aliphatic rings. The van der Waals surface area contributed by atoms with Crippen LogP contribution >= 0.6 is 0 Å². The molecule has 1 heterocycles. The second-order valence-corrected chi connectivity index (χ2v) is 12.7. The van der Waals surface area contributed by atoms with Gasteiger partial charge in [-0.05, 0) is 119 Å². The Morgan fingerprint density at radius 2 is 0.939 bits per heavy atom. The van der Waals surface area contributed by atoms with E-state index >= 15 is 0 Å². The number of rotatable bonds is 4. The van der Waals surface area contributed by atoms with E-state index in [1.165, 1.54) is 82.4 Å². The van der Waals surface area contributed by atoms with Crippen molar-refractivity contribution in [1.29, 1.82) is 0 Å². The molecule has 9 rings (SSSR count). The van der Waals surface area contributed by atoms with Gasteiger partial charge in [0.15, 0.2) is 0 Å². The first-order valence-corrected chi connectivity index (χ1v) is 16.8. The van der Waals surface area contributed by atoms with E-state index in [9.17, 15) is 0 Å². The molecule has 0 bridgehead atoms. The Morgan fingerprint density at radius 1 is 0.449 bits per heavy atom. The van der Waals surface area contributed by atoms with Gasteiger partial charge in [-0.3, -0.25) is 4.98 Å². The molecule has 49 heavy (non-hydrogen) atoms. The third-order valence-corrected chi connectivity index (χ3v) is 10.1. The molecule has 0 unspecified atom stereocenters. The second kappa shape index (κ2) is 11.7. The number of fused-ring (bicyclic) bond motifs is 14. The normalized spacial score (nSPS) is 12.3. The van der Waals surface area contributed by atoms with Crippen molar-refractivity contribution in [3.63, 3.8) is 0 Å². The summed E-state index contributed by atoms with van der Waals surface area (Å²) in [5, 5.41) is 7.32. The first-order chi connectivity index (χ1) is 24.2. The maximum absolute atomic E-state index is 4.52. The lowest BCUT2D eigenvalue weighted by atomic mass is 9.80. The van der Waals surface area contributed by atoms with Crippen LogP contribution in [0.2, 0.25) is 0 Å². The van der Waals surface area contributed by atoms with Crippen LogP contribution in [-0.4, -0.2) is 4.98 Å². The van der Waals surface area contributed by atoms with Gasteiger partial charge in [-0.1, -0.05) is 146 Å². The quantitative estimate of drug-likeness (QED) is 0.140. The molecule has 0 saturated heterocycles. The molecule has 7 aromatic carbocycles. The lowest BCUT2D eigenvalue weighted by molar-refractivity contribution is 1.37. The van der Waals surface area contributed by atoms with Gasteiger partial charge < -0.3 is 0 Å². The van der Waals surface area contributed by atoms with Crippen molar-refractivity contribution in [2.24, 2.45) is 0 Å². The fraction of sp³-hybridized carbons (Fsp3) is 0.0208. The van der Waals surface area contributed by atoms with Crippen LogP contribution in [0.1, 0.15) is 18.1 Å². The van der Waals surface area contributed by atoms with Crippen molar-refractivity contribution in [3.05, 3.63) is 188 Å². The van der Waals surface area contributed by atoms with E-state index in [0.717, 1.165) is 16.7 Å². The summed E-state index contributed by atoms with van der Waals surface area (Å²) in [5.41, 5.74) is 14.4. The minimum absolute atomic E-state index is 0.971. The molecule has 0 saturated carbocycles. The first-order valence-electron chi connectivity index (χ1n) is 16.8. The molecule has 1 nitrogen and oxygen atoms in total. The van der Waals surface area contributed by atoms with Gasteiger partial charge in [0.1, 0.15) is 0 Å². The van der Waals surface area contributed by atoms with Gasteiger partial charge in [0.2, 0.25) is 0 Å². The fourth-order valence-corrected chi connectivity index (χ4v) is 7.68. The maximum atomic E-state index is 4.52. The highest BCUT2D eigenvalue weighted by atomic mass is 14.6. The molecular formula is C48H33N. The Labute approximate surface area is 286 Å². The van der Waals surface area contributed by atoms with E-state index in [4.69, 9.17) is 0 Å². The van der Waals surface area contributed by atoms with Crippen molar-refractivity contribution < 1.29 is 0 Å². The minimum Gasteiger partial charge on any atom is -0.264 e. The molecule has 1 heteroatoms. The van der Waals surface area contributed by atoms with E-state index in [-0.39, 0.29) is 0 Å². The van der Waals surface area contributed by atoms with Crippen LogP contribution in [0.4, 0.5) is 0 Å². The van der Waals surface area contributed by atoms with Crippen LogP contribution in [0.5, 0.6) is 0 Å². The molecule has 1 aromatic heterocycles. The fourth-order valence-electron chi connectivity index (χ4n) is 7.68. The van der Waals surface area contributed by atoms with Crippen LogP contribution < -0.4 is 0 Å². The standard InChI is InChI=1S/C48H33N/c1-3-32(21-20-31(2)33-22-24-43-40-17-9-11-19-42(40)48-30-49-27-26-45(48)46(43)28-33)34-23-25-44-39-16-7-6-14-37(39)35-12-4-5-13-36(35)38-15-8-10-18-41(38)47(44)29-34/h3-30H,2H2,1H3/b21-20-,32-3+,37-35?,38-36?,44-39?,47-41?. The Bertz CT molecular complexity index is 2650. The predicted octanol–water partition coefficient (Wildman–Crippen LogP) is 13.2. The molecule has 1 aliphatic carbocycles. The third-order valence-electron chi connectivity index (χ3n) is 10.1. The molecule has 0 N–H and O–H groups in total. The van der Waals surface area contributed by atoms with Crippen LogP contribution in [0, 0.1) is 0 Å². The summed E-state index contributed by atoms with van der Waals surface area (Å²) in [7, 11) is 0. The van der Waals surface area contributed by atoms with Crippen LogP contribution in [0.3, 0.4) is 0 Å². The molecule has 230 valence electrons. The molecule has 0 radical (unpaired) electrons. The average molecular weight is 624 g/mol. The van der Waals surface area contributed by atoms with Gasteiger partial charge in [-0.2, -0.15) is 0 Å². The zero-order chi connectivity index (χ0) is 32.9. The molecule has 8 aromatic rings. The van der Waals surface area contributed by atoms with E-state index < -0.39 is 0 Å². The molecule has 0 fully saturated rings. The molecular weight excluding hydrogens is 591 g/mol. The number of aromatic nitrogens is 1. The topological polar surface area (TPSA) is 12.9 Å². The van der Waals surface area contributed by atoms with Crippen LogP contribution in [-0.2, 0) is 0 Å². The van der Waals surface area contributed by atoms with Crippen molar-refractivity contribution in [1.82, 2.24) is 4.98 Å². The number of benzene rings is 7. The molecule has 0 spiro atoms. The van der Waals surface area contributed by atoms with Crippen molar-refractivity contribution >= 4 is 43.5 Å². The molecule has 0 atom stereocenters. The van der Waals surface area contributed by atoms with Crippen LogP contribution in [0.25, 0.3) is 88.0 Å². The highest BCUT2D eigenvalue weighted by molar-refractivity contribution is 6.25. The number of allylic oxidation sites excluding steroid dienone is 5. The van der Waals surface area contributed by atoms with E-state index in [2.05, 4.69) is 176 Å². The summed E-state index contributed by atoms with van der Waals surface area (Å²) in [4.78, 5) is 4.45. The van der Waals surface area contributed by atoms with Crippen molar-refractivity contribution in [2.75, 3.05) is 0 Å². The number of hydrogen-bond donors (Lipinski definition) is 0. The monoisotopic (exact) mass is 623 g/mol. The smallest absolute Gasteiger partial charge is 0.0352 e. The Balaban J connectivity index is 1.12. The van der Waals surface area contributed by atoms with Crippen LogP contribution in [0.15, 0.2) is 177 Å². The van der Waals surface area contributed by atoms with Gasteiger partial charge >= 0.3 is 0 Å². The SMILES string of the molecule is C=C(/C=C\C(=C/C)c1ccc2c(c1)-c1ccccc1-c1ccccc1-c1ccccc1-2)c1ccc2c3ccccc3c3cnccc3c2c1. The predicted molar refractivity (Wildman–Crippen MR) is 210 cm³/mol.